The minimum absolute atomic E-state index is 0.0535. The standard InChI is InChI=1S/C15H16Cl2N2O2/c16-11-7-10-3-4-18(9-12(10)13(17)8-11)5-6-19-14(20)1-2-15(19)21/h7-8H,1-6,9H2. The van der Waals surface area contributed by atoms with Crippen molar-refractivity contribution in [2.75, 3.05) is 19.6 Å². The van der Waals surface area contributed by atoms with E-state index in [1.165, 1.54) is 10.5 Å². The lowest BCUT2D eigenvalue weighted by molar-refractivity contribution is -0.138. The monoisotopic (exact) mass is 326 g/mol. The SMILES string of the molecule is O=C1CCC(=O)N1CCN1CCc2cc(Cl)cc(Cl)c2C1. The van der Waals surface area contributed by atoms with Gasteiger partial charge in [-0.05, 0) is 29.7 Å². The first kappa shape index (κ1) is 14.8. The smallest absolute Gasteiger partial charge is 0.229 e. The first-order valence-electron chi connectivity index (χ1n) is 7.07. The Labute approximate surface area is 133 Å². The Morgan fingerprint density at radius 3 is 2.43 bits per heavy atom. The number of rotatable bonds is 3. The molecule has 2 aliphatic rings. The van der Waals surface area contributed by atoms with E-state index in [2.05, 4.69) is 4.90 Å². The molecule has 6 heteroatoms. The zero-order valence-electron chi connectivity index (χ0n) is 11.6. The van der Waals surface area contributed by atoms with Crippen LogP contribution in [-0.2, 0) is 22.6 Å². The number of likely N-dealkylation sites (tertiary alicyclic amines) is 1. The maximum Gasteiger partial charge on any atom is 0.229 e. The predicted molar refractivity (Wildman–Crippen MR) is 81.4 cm³/mol. The number of benzene rings is 1. The highest BCUT2D eigenvalue weighted by Gasteiger charge is 2.29. The van der Waals surface area contributed by atoms with Gasteiger partial charge in [-0.1, -0.05) is 23.2 Å². The predicted octanol–water partition coefficient (Wildman–Crippen LogP) is 2.50. The fraction of sp³-hybridized carbons (Fsp3) is 0.467. The normalized spacial score (nSPS) is 19.2. The largest absolute Gasteiger partial charge is 0.297 e. The van der Waals surface area contributed by atoms with Gasteiger partial charge < -0.3 is 0 Å². The molecule has 1 fully saturated rings. The van der Waals surface area contributed by atoms with Gasteiger partial charge in [0.05, 0.1) is 0 Å². The molecule has 1 aromatic carbocycles. The Morgan fingerprint density at radius 1 is 1.00 bits per heavy atom. The molecule has 21 heavy (non-hydrogen) atoms. The maximum absolute atomic E-state index is 11.6. The summed E-state index contributed by atoms with van der Waals surface area (Å²) >= 11 is 12.3. The number of halogens is 2. The molecule has 1 aromatic rings. The summed E-state index contributed by atoms with van der Waals surface area (Å²) in [7, 11) is 0. The van der Waals surface area contributed by atoms with Crippen LogP contribution in [0.15, 0.2) is 12.1 Å². The number of carbonyl (C=O) groups excluding carboxylic acids is 2. The molecule has 112 valence electrons. The Bertz CT molecular complexity index is 588. The molecule has 0 N–H and O–H groups in total. The minimum Gasteiger partial charge on any atom is -0.297 e. The van der Waals surface area contributed by atoms with Crippen molar-refractivity contribution < 1.29 is 9.59 Å². The summed E-state index contributed by atoms with van der Waals surface area (Å²) in [6.07, 6.45) is 1.59. The molecular weight excluding hydrogens is 311 g/mol. The van der Waals surface area contributed by atoms with Crippen LogP contribution in [0.3, 0.4) is 0 Å². The van der Waals surface area contributed by atoms with Crippen molar-refractivity contribution in [1.82, 2.24) is 9.80 Å². The fourth-order valence-electron chi connectivity index (χ4n) is 2.94. The maximum atomic E-state index is 11.6. The first-order valence-corrected chi connectivity index (χ1v) is 7.82. The Kier molecular flexibility index (Phi) is 4.20. The van der Waals surface area contributed by atoms with Crippen molar-refractivity contribution in [3.63, 3.8) is 0 Å². The number of amides is 2. The molecule has 0 radical (unpaired) electrons. The van der Waals surface area contributed by atoms with Gasteiger partial charge in [-0.3, -0.25) is 19.4 Å². The number of nitrogens with zero attached hydrogens (tertiary/aromatic N) is 2. The molecule has 0 aromatic heterocycles. The summed E-state index contributed by atoms with van der Waals surface area (Å²) in [6, 6.07) is 3.73. The number of hydrogen-bond donors (Lipinski definition) is 0. The van der Waals surface area contributed by atoms with Gasteiger partial charge in [0.15, 0.2) is 0 Å². The van der Waals surface area contributed by atoms with Crippen molar-refractivity contribution in [2.24, 2.45) is 0 Å². The molecule has 2 aliphatic heterocycles. The Morgan fingerprint density at radius 2 is 1.71 bits per heavy atom. The third-order valence-electron chi connectivity index (χ3n) is 4.13. The van der Waals surface area contributed by atoms with E-state index in [9.17, 15) is 9.59 Å². The average Bonchev–Trinajstić information content (AvgIpc) is 2.76. The molecule has 0 aliphatic carbocycles. The van der Waals surface area contributed by atoms with E-state index in [0.29, 0.717) is 36.0 Å². The van der Waals surface area contributed by atoms with Gasteiger partial charge in [-0.25, -0.2) is 0 Å². The van der Waals surface area contributed by atoms with E-state index in [0.717, 1.165) is 25.1 Å². The van der Waals surface area contributed by atoms with Gasteiger partial charge >= 0.3 is 0 Å². The molecule has 3 rings (SSSR count). The number of imide groups is 1. The summed E-state index contributed by atoms with van der Waals surface area (Å²) in [6.45, 7) is 2.79. The topological polar surface area (TPSA) is 40.6 Å². The van der Waals surface area contributed by atoms with Gasteiger partial charge in [-0.2, -0.15) is 0 Å². The van der Waals surface area contributed by atoms with Crippen LogP contribution in [-0.4, -0.2) is 41.2 Å². The van der Waals surface area contributed by atoms with Gasteiger partial charge in [0, 0.05) is 49.1 Å². The quantitative estimate of drug-likeness (QED) is 0.801. The van der Waals surface area contributed by atoms with Crippen LogP contribution in [0.5, 0.6) is 0 Å². The van der Waals surface area contributed by atoms with Crippen LogP contribution in [0.25, 0.3) is 0 Å². The zero-order chi connectivity index (χ0) is 15.0. The molecule has 2 heterocycles. The van der Waals surface area contributed by atoms with E-state index in [-0.39, 0.29) is 11.8 Å². The molecule has 2 amide bonds. The van der Waals surface area contributed by atoms with E-state index in [4.69, 9.17) is 23.2 Å². The highest BCUT2D eigenvalue weighted by molar-refractivity contribution is 6.35. The third kappa shape index (κ3) is 3.07. The second kappa shape index (κ2) is 5.95. The first-order chi connectivity index (χ1) is 10.0. The molecule has 0 spiro atoms. The average molecular weight is 327 g/mol. The van der Waals surface area contributed by atoms with E-state index in [1.54, 1.807) is 6.07 Å². The fourth-order valence-corrected chi connectivity index (χ4v) is 3.54. The van der Waals surface area contributed by atoms with Crippen molar-refractivity contribution in [3.8, 4) is 0 Å². The van der Waals surface area contributed by atoms with E-state index in [1.807, 2.05) is 6.07 Å². The van der Waals surface area contributed by atoms with Crippen LogP contribution in [0, 0.1) is 0 Å². The molecule has 0 unspecified atom stereocenters. The second-order valence-electron chi connectivity index (χ2n) is 5.49. The number of hydrogen-bond acceptors (Lipinski definition) is 3. The molecular formula is C15H16Cl2N2O2. The third-order valence-corrected chi connectivity index (χ3v) is 4.68. The van der Waals surface area contributed by atoms with Gasteiger partial charge in [0.25, 0.3) is 0 Å². The molecule has 0 atom stereocenters. The highest BCUT2D eigenvalue weighted by Crippen LogP contribution is 2.29. The van der Waals surface area contributed by atoms with Crippen LogP contribution < -0.4 is 0 Å². The summed E-state index contributed by atoms with van der Waals surface area (Å²) in [4.78, 5) is 26.8. The Balaban J connectivity index is 1.64. The molecule has 1 saturated heterocycles. The van der Waals surface area contributed by atoms with Crippen LogP contribution in [0.2, 0.25) is 10.0 Å². The van der Waals surface area contributed by atoms with Crippen molar-refractivity contribution >= 4 is 35.0 Å². The summed E-state index contributed by atoms with van der Waals surface area (Å²) in [5, 5.41) is 1.36. The van der Waals surface area contributed by atoms with Crippen molar-refractivity contribution in [1.29, 1.82) is 0 Å². The highest BCUT2D eigenvalue weighted by atomic mass is 35.5. The van der Waals surface area contributed by atoms with Crippen molar-refractivity contribution in [3.05, 3.63) is 33.3 Å². The molecule has 0 bridgehead atoms. The summed E-state index contributed by atoms with van der Waals surface area (Å²) in [5.41, 5.74) is 2.29. The summed E-state index contributed by atoms with van der Waals surface area (Å²) in [5.74, 6) is -0.107. The number of carbonyl (C=O) groups is 2. The van der Waals surface area contributed by atoms with E-state index < -0.39 is 0 Å². The minimum atomic E-state index is -0.0535. The Hall–Kier alpha value is -1.10. The number of fused-ring (bicyclic) bond motifs is 1. The van der Waals surface area contributed by atoms with Gasteiger partial charge in [0.1, 0.15) is 0 Å². The van der Waals surface area contributed by atoms with Crippen LogP contribution in [0.4, 0.5) is 0 Å². The lowest BCUT2D eigenvalue weighted by atomic mass is 10.00. The lowest BCUT2D eigenvalue weighted by Crippen LogP contribution is -2.40. The van der Waals surface area contributed by atoms with E-state index >= 15 is 0 Å². The van der Waals surface area contributed by atoms with Crippen molar-refractivity contribution in [2.45, 2.75) is 25.8 Å². The van der Waals surface area contributed by atoms with Gasteiger partial charge in [0.2, 0.25) is 11.8 Å². The second-order valence-corrected chi connectivity index (χ2v) is 6.33. The lowest BCUT2D eigenvalue weighted by Gasteiger charge is -2.30. The van der Waals surface area contributed by atoms with Crippen LogP contribution >= 0.6 is 23.2 Å². The summed E-state index contributed by atoms with van der Waals surface area (Å²) < 4.78 is 0. The van der Waals surface area contributed by atoms with Gasteiger partial charge in [-0.15, -0.1) is 0 Å². The zero-order valence-corrected chi connectivity index (χ0v) is 13.1. The molecule has 0 saturated carbocycles. The molecule has 4 nitrogen and oxygen atoms in total. The van der Waals surface area contributed by atoms with Crippen LogP contribution in [0.1, 0.15) is 24.0 Å².